The highest BCUT2D eigenvalue weighted by molar-refractivity contribution is 7.99. The number of carbonyl (C=O) groups excluding carboxylic acids is 1. The first-order valence-corrected chi connectivity index (χ1v) is 6.57. The second-order valence-corrected chi connectivity index (χ2v) is 5.29. The predicted octanol–water partition coefficient (Wildman–Crippen LogP) is 0.0587. The van der Waals surface area contributed by atoms with Crippen LogP contribution in [0, 0.1) is 12.8 Å². The maximum Gasteiger partial charge on any atom is 0.238 e. The average Bonchev–Trinajstić information content (AvgIpc) is 3.04. The highest BCUT2D eigenvalue weighted by atomic mass is 32.2. The lowest BCUT2D eigenvalue weighted by molar-refractivity contribution is -0.124. The summed E-state index contributed by atoms with van der Waals surface area (Å²) in [6.45, 7) is 1.84. The topological polar surface area (TPSA) is 96.7 Å². The minimum Gasteiger partial charge on any atom is -0.368 e. The summed E-state index contributed by atoms with van der Waals surface area (Å²) in [6.07, 6.45) is 2.11. The van der Waals surface area contributed by atoms with Crippen LogP contribution in [-0.4, -0.2) is 39.4 Å². The third-order valence-corrected chi connectivity index (χ3v) is 4.21. The van der Waals surface area contributed by atoms with Gasteiger partial charge in [-0.2, -0.15) is 0 Å². The molecule has 0 bridgehead atoms. The average molecular weight is 255 g/mol. The Morgan fingerprint density at radius 3 is 2.82 bits per heavy atom. The molecule has 1 aliphatic carbocycles. The number of thioether (sulfide) groups is 1. The number of aromatic nitrogens is 3. The molecule has 1 saturated carbocycles. The van der Waals surface area contributed by atoms with Crippen LogP contribution < -0.4 is 11.1 Å². The molecule has 1 atom stereocenters. The van der Waals surface area contributed by atoms with Gasteiger partial charge in [-0.15, -0.1) is 5.10 Å². The fourth-order valence-corrected chi connectivity index (χ4v) is 3.12. The molecule has 2 rings (SSSR count). The Labute approximate surface area is 104 Å². The van der Waals surface area contributed by atoms with Gasteiger partial charge in [0.1, 0.15) is 11.4 Å². The van der Waals surface area contributed by atoms with Crippen molar-refractivity contribution in [2.24, 2.45) is 11.7 Å². The van der Waals surface area contributed by atoms with E-state index in [1.165, 1.54) is 11.8 Å². The Morgan fingerprint density at radius 2 is 2.41 bits per heavy atom. The van der Waals surface area contributed by atoms with Gasteiger partial charge in [0.2, 0.25) is 11.1 Å². The number of aryl methyl sites for hydroxylation is 1. The lowest BCUT2D eigenvalue weighted by Crippen LogP contribution is -2.57. The zero-order valence-corrected chi connectivity index (χ0v) is 10.8. The number of carbonyl (C=O) groups is 1. The van der Waals surface area contributed by atoms with Crippen molar-refractivity contribution < 1.29 is 4.79 Å². The van der Waals surface area contributed by atoms with Gasteiger partial charge in [0.15, 0.2) is 0 Å². The molecule has 0 radical (unpaired) electrons. The first-order chi connectivity index (χ1) is 8.08. The van der Waals surface area contributed by atoms with Crippen molar-refractivity contribution in [3.05, 3.63) is 5.82 Å². The second-order valence-electron chi connectivity index (χ2n) is 4.35. The lowest BCUT2D eigenvalue weighted by atomic mass is 9.95. The molecule has 0 saturated heterocycles. The Balaban J connectivity index is 2.05. The van der Waals surface area contributed by atoms with Crippen LogP contribution >= 0.6 is 11.8 Å². The van der Waals surface area contributed by atoms with Gasteiger partial charge in [-0.1, -0.05) is 11.8 Å². The monoisotopic (exact) mass is 255 g/mol. The van der Waals surface area contributed by atoms with Crippen molar-refractivity contribution in [1.82, 2.24) is 20.5 Å². The van der Waals surface area contributed by atoms with Crippen LogP contribution in [0.25, 0.3) is 0 Å². The fourth-order valence-electron chi connectivity index (χ4n) is 1.93. The maximum absolute atomic E-state index is 11.7. The molecule has 0 aromatic carbocycles. The predicted molar refractivity (Wildman–Crippen MR) is 65.6 cm³/mol. The summed E-state index contributed by atoms with van der Waals surface area (Å²) in [4.78, 5) is 15.9. The number of amides is 1. The zero-order chi connectivity index (χ0) is 12.5. The molecule has 0 aliphatic heterocycles. The van der Waals surface area contributed by atoms with Crippen LogP contribution in [0.5, 0.6) is 0 Å². The van der Waals surface area contributed by atoms with E-state index in [0.717, 1.165) is 18.7 Å². The number of nitrogens with one attached hydrogen (secondary N) is 2. The van der Waals surface area contributed by atoms with E-state index in [2.05, 4.69) is 20.5 Å². The van der Waals surface area contributed by atoms with Gasteiger partial charge in [0, 0.05) is 5.75 Å². The molecule has 1 aliphatic rings. The largest absolute Gasteiger partial charge is 0.368 e. The molecule has 1 fully saturated rings. The van der Waals surface area contributed by atoms with Gasteiger partial charge in [-0.3, -0.25) is 9.89 Å². The van der Waals surface area contributed by atoms with Gasteiger partial charge < -0.3 is 11.1 Å². The molecule has 1 amide bonds. The van der Waals surface area contributed by atoms with Crippen LogP contribution in [0.15, 0.2) is 5.16 Å². The highest BCUT2D eigenvalue weighted by Crippen LogP contribution is 2.41. The van der Waals surface area contributed by atoms with Crippen molar-refractivity contribution in [3.8, 4) is 0 Å². The maximum atomic E-state index is 11.7. The number of H-pyrrole nitrogens is 1. The smallest absolute Gasteiger partial charge is 0.238 e. The number of hydrogen-bond donors (Lipinski definition) is 3. The third kappa shape index (κ3) is 2.44. The van der Waals surface area contributed by atoms with Crippen molar-refractivity contribution in [3.63, 3.8) is 0 Å². The number of primary amides is 1. The van der Waals surface area contributed by atoms with Crippen molar-refractivity contribution in [1.29, 1.82) is 0 Å². The summed E-state index contributed by atoms with van der Waals surface area (Å²) in [7, 11) is 1.78. The SMILES string of the molecule is CNC(CSc1n[nH]c(C)n1)(C(N)=O)C1CC1. The summed E-state index contributed by atoms with van der Waals surface area (Å²) < 4.78 is 0. The Bertz CT molecular complexity index is 417. The molecular formula is C10H17N5OS. The normalized spacial score (nSPS) is 18.9. The van der Waals surface area contributed by atoms with E-state index in [9.17, 15) is 4.79 Å². The summed E-state index contributed by atoms with van der Waals surface area (Å²) in [5, 5.41) is 10.6. The minimum absolute atomic E-state index is 0.290. The number of rotatable bonds is 6. The molecule has 7 heteroatoms. The van der Waals surface area contributed by atoms with Gasteiger partial charge in [0.05, 0.1) is 0 Å². The first-order valence-electron chi connectivity index (χ1n) is 5.59. The summed E-state index contributed by atoms with van der Waals surface area (Å²) in [5.74, 6) is 1.40. The number of likely N-dealkylation sites (N-methyl/N-ethyl adjacent to an activating group) is 1. The zero-order valence-electron chi connectivity index (χ0n) is 9.99. The molecule has 1 heterocycles. The van der Waals surface area contributed by atoms with Gasteiger partial charge in [-0.05, 0) is 32.7 Å². The fraction of sp³-hybridized carbons (Fsp3) is 0.700. The summed E-state index contributed by atoms with van der Waals surface area (Å²) >= 11 is 1.45. The van der Waals surface area contributed by atoms with Crippen molar-refractivity contribution in [2.75, 3.05) is 12.8 Å². The van der Waals surface area contributed by atoms with E-state index in [4.69, 9.17) is 5.73 Å². The van der Waals surface area contributed by atoms with Crippen LogP contribution in [0.3, 0.4) is 0 Å². The molecule has 6 nitrogen and oxygen atoms in total. The van der Waals surface area contributed by atoms with E-state index in [-0.39, 0.29) is 5.91 Å². The highest BCUT2D eigenvalue weighted by Gasteiger charge is 2.48. The summed E-state index contributed by atoms with van der Waals surface area (Å²) in [6, 6.07) is 0. The lowest BCUT2D eigenvalue weighted by Gasteiger charge is -2.29. The van der Waals surface area contributed by atoms with Crippen molar-refractivity contribution in [2.45, 2.75) is 30.5 Å². The quantitative estimate of drug-likeness (QED) is 0.625. The molecule has 0 spiro atoms. The van der Waals surface area contributed by atoms with Gasteiger partial charge in [-0.25, -0.2) is 4.98 Å². The van der Waals surface area contributed by atoms with Crippen molar-refractivity contribution >= 4 is 17.7 Å². The number of aromatic amines is 1. The molecular weight excluding hydrogens is 238 g/mol. The molecule has 1 aromatic heterocycles. The van der Waals surface area contributed by atoms with E-state index in [1.807, 2.05) is 6.92 Å². The first kappa shape index (κ1) is 12.4. The van der Waals surface area contributed by atoms with Crippen LogP contribution in [0.1, 0.15) is 18.7 Å². The minimum atomic E-state index is -0.626. The standard InChI is InChI=1S/C10H17N5OS/c1-6-13-9(15-14-6)17-5-10(12-2,8(11)16)7-3-4-7/h7,12H,3-5H2,1-2H3,(H2,11,16)(H,13,14,15). The second kappa shape index (κ2) is 4.66. The Morgan fingerprint density at radius 1 is 1.71 bits per heavy atom. The number of nitrogens with zero attached hydrogens (tertiary/aromatic N) is 2. The molecule has 94 valence electrons. The van der Waals surface area contributed by atoms with E-state index < -0.39 is 5.54 Å². The van der Waals surface area contributed by atoms with Gasteiger partial charge >= 0.3 is 0 Å². The Kier molecular flexibility index (Phi) is 3.39. The van der Waals surface area contributed by atoms with E-state index in [0.29, 0.717) is 16.8 Å². The van der Waals surface area contributed by atoms with Gasteiger partial charge in [0.25, 0.3) is 0 Å². The van der Waals surface area contributed by atoms with E-state index >= 15 is 0 Å². The van der Waals surface area contributed by atoms with Crippen LogP contribution in [0.2, 0.25) is 0 Å². The van der Waals surface area contributed by atoms with E-state index in [1.54, 1.807) is 7.05 Å². The summed E-state index contributed by atoms with van der Waals surface area (Å²) in [5.41, 5.74) is 4.90. The molecule has 1 aromatic rings. The molecule has 17 heavy (non-hydrogen) atoms. The van der Waals surface area contributed by atoms with Crippen LogP contribution in [0.4, 0.5) is 0 Å². The Hall–Kier alpha value is -1.08. The molecule has 4 N–H and O–H groups in total. The third-order valence-electron chi connectivity index (χ3n) is 3.17. The number of hydrogen-bond acceptors (Lipinski definition) is 5. The molecule has 1 unspecified atom stereocenters. The van der Waals surface area contributed by atoms with Crippen LogP contribution in [-0.2, 0) is 4.79 Å². The number of nitrogens with two attached hydrogens (primary N) is 1.